The zero-order valence-corrected chi connectivity index (χ0v) is 14.6. The Morgan fingerprint density at radius 1 is 1.36 bits per heavy atom. The van der Waals surface area contributed by atoms with E-state index < -0.39 is 0 Å². The summed E-state index contributed by atoms with van der Waals surface area (Å²) in [6.07, 6.45) is 9.32. The Labute approximate surface area is 135 Å². The molecule has 1 aliphatic rings. The quantitative estimate of drug-likeness (QED) is 0.677. The second-order valence-electron chi connectivity index (χ2n) is 6.66. The number of nitrogens with one attached hydrogen (secondary N) is 1. The number of rotatable bonds is 8. The van der Waals surface area contributed by atoms with Crippen LogP contribution in [-0.4, -0.2) is 36.9 Å². The summed E-state index contributed by atoms with van der Waals surface area (Å²) < 4.78 is 0. The van der Waals surface area contributed by atoms with Gasteiger partial charge in [0.2, 0.25) is 0 Å². The van der Waals surface area contributed by atoms with E-state index in [-0.39, 0.29) is 11.8 Å². The molecule has 1 aliphatic heterocycles. The van der Waals surface area contributed by atoms with Crippen LogP contribution in [0.4, 0.5) is 0 Å². The van der Waals surface area contributed by atoms with Gasteiger partial charge in [0.15, 0.2) is 0 Å². The summed E-state index contributed by atoms with van der Waals surface area (Å²) in [5.74, 6) is 0.689. The summed E-state index contributed by atoms with van der Waals surface area (Å²) >= 11 is 0. The first-order valence-electron chi connectivity index (χ1n) is 8.54. The number of ketones is 1. The van der Waals surface area contributed by atoms with Gasteiger partial charge in [-0.2, -0.15) is 0 Å². The molecule has 0 spiro atoms. The molecular weight excluding hydrogens is 274 g/mol. The van der Waals surface area contributed by atoms with Gasteiger partial charge in [-0.25, -0.2) is 0 Å². The van der Waals surface area contributed by atoms with Crippen molar-refractivity contribution in [2.24, 2.45) is 17.6 Å². The molecule has 4 nitrogen and oxygen atoms in total. The maximum atomic E-state index is 12.1. The number of Topliss-reactive ketones (excluding diaryl/α,β-unsaturated/α-hetero) is 1. The smallest absolute Gasteiger partial charge is 0.136 e. The fourth-order valence-corrected chi connectivity index (χ4v) is 2.80. The van der Waals surface area contributed by atoms with Gasteiger partial charge in [0.1, 0.15) is 5.78 Å². The highest BCUT2D eigenvalue weighted by Crippen LogP contribution is 2.22. The molecule has 1 heterocycles. The summed E-state index contributed by atoms with van der Waals surface area (Å²) in [6.45, 7) is 8.35. The highest BCUT2D eigenvalue weighted by Gasteiger charge is 2.22. The normalized spacial score (nSPS) is 19.8. The molecule has 0 aromatic rings. The molecule has 0 bridgehead atoms. The van der Waals surface area contributed by atoms with E-state index in [1.807, 2.05) is 26.0 Å². The molecule has 22 heavy (non-hydrogen) atoms. The van der Waals surface area contributed by atoms with Gasteiger partial charge >= 0.3 is 0 Å². The highest BCUT2D eigenvalue weighted by molar-refractivity contribution is 5.80. The molecular formula is C18H33N3O. The van der Waals surface area contributed by atoms with Crippen molar-refractivity contribution in [2.45, 2.75) is 52.5 Å². The van der Waals surface area contributed by atoms with Crippen molar-refractivity contribution in [3.8, 4) is 0 Å². The van der Waals surface area contributed by atoms with Crippen LogP contribution in [-0.2, 0) is 4.79 Å². The largest absolute Gasteiger partial charge is 0.405 e. The zero-order valence-electron chi connectivity index (χ0n) is 14.6. The Hall–Kier alpha value is -1.29. The Bertz CT molecular complexity index is 393. The van der Waals surface area contributed by atoms with E-state index in [1.165, 1.54) is 0 Å². The van der Waals surface area contributed by atoms with Crippen LogP contribution in [0, 0.1) is 11.8 Å². The van der Waals surface area contributed by atoms with Crippen LogP contribution in [0.2, 0.25) is 0 Å². The van der Waals surface area contributed by atoms with Crippen LogP contribution in [0.15, 0.2) is 24.0 Å². The van der Waals surface area contributed by atoms with Crippen molar-refractivity contribution in [1.29, 1.82) is 0 Å². The minimum Gasteiger partial charge on any atom is -0.405 e. The summed E-state index contributed by atoms with van der Waals surface area (Å²) in [6, 6.07) is 0.497. The summed E-state index contributed by atoms with van der Waals surface area (Å²) in [4.78, 5) is 14.5. The van der Waals surface area contributed by atoms with E-state index in [4.69, 9.17) is 5.73 Å². The molecule has 1 fully saturated rings. The van der Waals surface area contributed by atoms with Crippen molar-refractivity contribution in [3.05, 3.63) is 24.0 Å². The summed E-state index contributed by atoms with van der Waals surface area (Å²) in [5.41, 5.74) is 6.65. The first-order chi connectivity index (χ1) is 10.5. The van der Waals surface area contributed by atoms with Gasteiger partial charge in [-0.1, -0.05) is 20.8 Å². The predicted molar refractivity (Wildman–Crippen MR) is 93.3 cm³/mol. The molecule has 3 N–H and O–H groups in total. The fraction of sp³-hybridized carbons (Fsp3) is 0.722. The lowest BCUT2D eigenvalue weighted by Crippen LogP contribution is -2.41. The van der Waals surface area contributed by atoms with Crippen LogP contribution >= 0.6 is 0 Å². The van der Waals surface area contributed by atoms with Crippen LogP contribution in [0.1, 0.15) is 46.5 Å². The molecule has 0 aromatic carbocycles. The topological polar surface area (TPSA) is 58.4 Å². The lowest BCUT2D eigenvalue weighted by Gasteiger charge is -2.32. The maximum Gasteiger partial charge on any atom is 0.136 e. The van der Waals surface area contributed by atoms with E-state index in [1.54, 1.807) is 6.20 Å². The van der Waals surface area contributed by atoms with Crippen LogP contribution in [0.3, 0.4) is 0 Å². The average molecular weight is 307 g/mol. The molecule has 126 valence electrons. The Morgan fingerprint density at radius 3 is 2.50 bits per heavy atom. The van der Waals surface area contributed by atoms with E-state index in [2.05, 4.69) is 24.2 Å². The molecule has 1 unspecified atom stereocenters. The van der Waals surface area contributed by atoms with Crippen LogP contribution in [0.25, 0.3) is 0 Å². The Kier molecular flexibility index (Phi) is 8.25. The van der Waals surface area contributed by atoms with E-state index in [9.17, 15) is 4.79 Å². The number of hydrogen-bond acceptors (Lipinski definition) is 4. The van der Waals surface area contributed by atoms with Gasteiger partial charge in [0.05, 0.1) is 0 Å². The molecule has 1 rings (SSSR count). The first kappa shape index (κ1) is 18.8. The Balaban J connectivity index is 2.75. The number of piperidine rings is 1. The number of allylic oxidation sites excluding steroid dienone is 3. The molecule has 0 aliphatic carbocycles. The molecule has 0 radical (unpaired) electrons. The lowest BCUT2D eigenvalue weighted by molar-refractivity contribution is -0.122. The monoisotopic (exact) mass is 307 g/mol. The number of nitrogens with two attached hydrogens (primary N) is 1. The van der Waals surface area contributed by atoms with Crippen LogP contribution in [0.5, 0.6) is 0 Å². The summed E-state index contributed by atoms with van der Waals surface area (Å²) in [7, 11) is 2.17. The summed E-state index contributed by atoms with van der Waals surface area (Å²) in [5, 5.41) is 3.68. The second-order valence-corrected chi connectivity index (χ2v) is 6.66. The molecule has 0 saturated carbocycles. The number of nitrogens with zero attached hydrogens (tertiary/aromatic N) is 1. The lowest BCUT2D eigenvalue weighted by atomic mass is 9.90. The molecule has 0 aromatic heterocycles. The van der Waals surface area contributed by atoms with Gasteiger partial charge in [-0.05, 0) is 57.8 Å². The van der Waals surface area contributed by atoms with Crippen LogP contribution < -0.4 is 11.1 Å². The van der Waals surface area contributed by atoms with Crippen molar-refractivity contribution < 1.29 is 4.79 Å². The number of carbonyl (C=O) groups excluding carboxylic acids is 1. The first-order valence-corrected chi connectivity index (χ1v) is 8.54. The van der Waals surface area contributed by atoms with Gasteiger partial charge in [-0.3, -0.25) is 4.79 Å². The maximum absolute atomic E-state index is 12.1. The molecule has 1 atom stereocenters. The average Bonchev–Trinajstić information content (AvgIpc) is 2.50. The van der Waals surface area contributed by atoms with Gasteiger partial charge in [0.25, 0.3) is 0 Å². The van der Waals surface area contributed by atoms with E-state index in [0.717, 1.165) is 38.0 Å². The van der Waals surface area contributed by atoms with Gasteiger partial charge < -0.3 is 16.0 Å². The number of likely N-dealkylation sites (tertiary alicyclic amines) is 1. The van der Waals surface area contributed by atoms with E-state index >= 15 is 0 Å². The third-order valence-electron chi connectivity index (χ3n) is 4.50. The highest BCUT2D eigenvalue weighted by atomic mass is 16.1. The van der Waals surface area contributed by atoms with Crippen molar-refractivity contribution in [3.63, 3.8) is 0 Å². The van der Waals surface area contributed by atoms with Crippen molar-refractivity contribution in [1.82, 2.24) is 10.2 Å². The van der Waals surface area contributed by atoms with Crippen molar-refractivity contribution >= 4 is 5.78 Å². The standard InChI is InChI=1S/C18H33N3O/c1-5-15(13-18(22)14(2)3)17(7-6-10-19)20-16-8-11-21(4)12-9-16/h6-7,10,14-16,20H,5,8-9,11-13,19H2,1-4H3/b10-6-,17-7+. The third-order valence-corrected chi connectivity index (χ3v) is 4.50. The zero-order chi connectivity index (χ0) is 16.5. The minimum atomic E-state index is 0.101. The molecule has 1 saturated heterocycles. The predicted octanol–water partition coefficient (Wildman–Crippen LogP) is 2.67. The van der Waals surface area contributed by atoms with E-state index in [0.29, 0.717) is 18.2 Å². The molecule has 4 heteroatoms. The third kappa shape index (κ3) is 6.22. The minimum absolute atomic E-state index is 0.101. The fourth-order valence-electron chi connectivity index (χ4n) is 2.80. The number of hydrogen-bond donors (Lipinski definition) is 2. The number of carbonyl (C=O) groups is 1. The van der Waals surface area contributed by atoms with Gasteiger partial charge in [0, 0.05) is 30.0 Å². The second kappa shape index (κ2) is 9.67. The SMILES string of the molecule is CCC(CC(=O)C(C)C)/C(=C\C=C/N)NC1CCN(C)CC1. The molecule has 0 amide bonds. The van der Waals surface area contributed by atoms with Crippen molar-refractivity contribution in [2.75, 3.05) is 20.1 Å². The Morgan fingerprint density at radius 2 is 2.00 bits per heavy atom. The van der Waals surface area contributed by atoms with Gasteiger partial charge in [-0.15, -0.1) is 0 Å².